The number of aliphatic hydroxyl groups is 1. The van der Waals surface area contributed by atoms with Crippen molar-refractivity contribution in [2.24, 2.45) is 0 Å². The molecule has 0 aromatic carbocycles. The zero-order chi connectivity index (χ0) is 23.5. The summed E-state index contributed by atoms with van der Waals surface area (Å²) >= 11 is 0. The maximum Gasteiger partial charge on any atom is 0.410 e. The number of anilines is 1. The van der Waals surface area contributed by atoms with Gasteiger partial charge in [-0.1, -0.05) is 6.07 Å². The van der Waals surface area contributed by atoms with Gasteiger partial charge in [0.2, 0.25) is 0 Å². The van der Waals surface area contributed by atoms with Crippen molar-refractivity contribution in [3.63, 3.8) is 0 Å². The van der Waals surface area contributed by atoms with Crippen molar-refractivity contribution in [2.75, 3.05) is 11.9 Å². The van der Waals surface area contributed by atoms with Crippen molar-refractivity contribution in [1.29, 1.82) is 0 Å². The molecule has 0 bridgehead atoms. The van der Waals surface area contributed by atoms with Crippen LogP contribution in [0, 0.1) is 0 Å². The smallest absolute Gasteiger partial charge is 0.410 e. The number of hydrogen-bond acceptors (Lipinski definition) is 8. The topological polar surface area (TPSA) is 135 Å². The third kappa shape index (κ3) is 4.82. The normalized spacial score (nSPS) is 13.7. The number of ether oxygens (including phenoxy) is 1. The summed E-state index contributed by atoms with van der Waals surface area (Å²) in [5, 5.41) is 20.2. The zero-order valence-corrected chi connectivity index (χ0v) is 18.6. The van der Waals surface area contributed by atoms with Crippen LogP contribution in [0.4, 0.5) is 10.6 Å². The summed E-state index contributed by atoms with van der Waals surface area (Å²) in [6.45, 7) is 6.11. The summed E-state index contributed by atoms with van der Waals surface area (Å²) in [4.78, 5) is 35.3. The van der Waals surface area contributed by atoms with E-state index in [-0.39, 0.29) is 24.4 Å². The van der Waals surface area contributed by atoms with E-state index in [0.717, 1.165) is 11.1 Å². The number of nitrogens with zero attached hydrogens (tertiary/aromatic N) is 6. The Balaban J connectivity index is 1.48. The molecule has 4 rings (SSSR count). The van der Waals surface area contributed by atoms with Crippen molar-refractivity contribution in [3.05, 3.63) is 53.6 Å². The van der Waals surface area contributed by atoms with Crippen molar-refractivity contribution >= 4 is 17.8 Å². The first-order chi connectivity index (χ1) is 15.9. The molecule has 2 N–H and O–H groups in total. The Morgan fingerprint density at radius 1 is 1.21 bits per heavy atom. The van der Waals surface area contributed by atoms with Crippen LogP contribution in [0.25, 0.3) is 11.5 Å². The number of aromatic nitrogens is 5. The van der Waals surface area contributed by atoms with E-state index in [1.54, 1.807) is 53.8 Å². The lowest BCUT2D eigenvalue weighted by molar-refractivity contribution is 0.0760. The van der Waals surface area contributed by atoms with Crippen LogP contribution in [0.5, 0.6) is 0 Å². The largest absolute Gasteiger partial charge is 0.447 e. The van der Waals surface area contributed by atoms with Crippen molar-refractivity contribution < 1.29 is 19.4 Å². The van der Waals surface area contributed by atoms with Crippen LogP contribution >= 0.6 is 0 Å². The van der Waals surface area contributed by atoms with E-state index in [1.807, 2.05) is 6.92 Å². The third-order valence-electron chi connectivity index (χ3n) is 5.16. The van der Waals surface area contributed by atoms with Crippen LogP contribution in [0.2, 0.25) is 0 Å². The molecule has 3 aromatic heterocycles. The van der Waals surface area contributed by atoms with Gasteiger partial charge < -0.3 is 19.7 Å². The van der Waals surface area contributed by atoms with Gasteiger partial charge in [0, 0.05) is 12.7 Å². The molecule has 1 aliphatic heterocycles. The van der Waals surface area contributed by atoms with Crippen molar-refractivity contribution in [1.82, 2.24) is 29.6 Å². The summed E-state index contributed by atoms with van der Waals surface area (Å²) in [5.41, 5.74) is 2.46. The van der Waals surface area contributed by atoms with E-state index in [4.69, 9.17) is 4.74 Å². The van der Waals surface area contributed by atoms with Gasteiger partial charge in [-0.15, -0.1) is 10.2 Å². The molecule has 1 aliphatic rings. The molecule has 2 amide bonds. The summed E-state index contributed by atoms with van der Waals surface area (Å²) in [7, 11) is 0. The lowest BCUT2D eigenvalue weighted by Crippen LogP contribution is -2.28. The first-order valence-corrected chi connectivity index (χ1v) is 10.6. The molecule has 0 spiro atoms. The number of rotatable bonds is 6. The maximum absolute atomic E-state index is 12.8. The van der Waals surface area contributed by atoms with Gasteiger partial charge in [0.05, 0.1) is 25.3 Å². The second-order valence-electron chi connectivity index (χ2n) is 8.08. The molecule has 3 aromatic rings. The molecule has 0 aliphatic carbocycles. The van der Waals surface area contributed by atoms with Gasteiger partial charge in [-0.05, 0) is 50.1 Å². The van der Waals surface area contributed by atoms with Crippen LogP contribution in [-0.4, -0.2) is 59.5 Å². The Morgan fingerprint density at radius 3 is 2.76 bits per heavy atom. The van der Waals surface area contributed by atoms with E-state index in [2.05, 4.69) is 25.5 Å². The average molecular weight is 451 g/mol. The maximum atomic E-state index is 12.8. The fourth-order valence-corrected chi connectivity index (χ4v) is 3.46. The van der Waals surface area contributed by atoms with E-state index < -0.39 is 12.0 Å². The predicted octanol–water partition coefficient (Wildman–Crippen LogP) is 2.40. The predicted molar refractivity (Wildman–Crippen MR) is 118 cm³/mol. The van der Waals surface area contributed by atoms with Crippen LogP contribution < -0.4 is 5.32 Å². The molecular formula is C22H25N7O4. The van der Waals surface area contributed by atoms with E-state index >= 15 is 0 Å². The Morgan fingerprint density at radius 2 is 2.00 bits per heavy atom. The molecule has 1 atom stereocenters. The van der Waals surface area contributed by atoms with Crippen LogP contribution in [-0.2, 0) is 17.8 Å². The number of fused-ring (bicyclic) bond motifs is 1. The third-order valence-corrected chi connectivity index (χ3v) is 5.16. The zero-order valence-electron chi connectivity index (χ0n) is 18.6. The Kier molecular flexibility index (Phi) is 6.31. The quantitative estimate of drug-likeness (QED) is 0.583. The Labute approximate surface area is 190 Å². The number of nitrogens with one attached hydrogen (secondary N) is 1. The summed E-state index contributed by atoms with van der Waals surface area (Å²) in [6, 6.07) is 6.61. The van der Waals surface area contributed by atoms with Crippen molar-refractivity contribution in [2.45, 2.75) is 46.0 Å². The molecule has 0 unspecified atom stereocenters. The minimum atomic E-state index is -0.421. The highest BCUT2D eigenvalue weighted by atomic mass is 16.6. The Hall–Kier alpha value is -3.86. The second kappa shape index (κ2) is 9.33. The first kappa shape index (κ1) is 22.3. The standard InChI is InChI=1S/C22H25N7O4/c1-13(2)33-22(32)28-9-15-7-18(23-8-16(15)10-28)21(31)26-19-6-4-5-17(25-19)20-27-24-12-29(20)14(3)11-30/h4-8,12-14,30H,9-11H2,1-3H3,(H,25,26,31)/t14-/m1/s1. The molecule has 0 saturated heterocycles. The number of carbonyl (C=O) groups excluding carboxylic acids is 2. The van der Waals surface area contributed by atoms with Gasteiger partial charge in [0.25, 0.3) is 5.91 Å². The van der Waals surface area contributed by atoms with Gasteiger partial charge in [0.1, 0.15) is 23.5 Å². The number of carbonyl (C=O) groups is 2. The summed E-state index contributed by atoms with van der Waals surface area (Å²) in [6.07, 6.45) is 2.54. The minimum absolute atomic E-state index is 0.0713. The van der Waals surface area contributed by atoms with Crippen LogP contribution in [0.1, 0.15) is 48.4 Å². The van der Waals surface area contributed by atoms with Gasteiger partial charge in [-0.25, -0.2) is 9.78 Å². The monoisotopic (exact) mass is 451 g/mol. The number of amides is 2. The molecule has 11 heteroatoms. The van der Waals surface area contributed by atoms with Gasteiger partial charge in [-0.3, -0.25) is 14.7 Å². The number of aliphatic hydroxyl groups excluding tert-OH is 1. The Bertz CT molecular complexity index is 1180. The molecule has 0 saturated carbocycles. The molecular weight excluding hydrogens is 426 g/mol. The number of hydrogen-bond donors (Lipinski definition) is 2. The SMILES string of the molecule is CC(C)OC(=O)N1Cc2cnc(C(=O)Nc3cccc(-c4nncn4[C@H](C)CO)n3)cc2C1. The molecule has 0 fully saturated rings. The van der Waals surface area contributed by atoms with Crippen molar-refractivity contribution in [3.8, 4) is 11.5 Å². The van der Waals surface area contributed by atoms with Crippen LogP contribution in [0.15, 0.2) is 36.8 Å². The lowest BCUT2D eigenvalue weighted by Gasteiger charge is -2.17. The summed E-state index contributed by atoms with van der Waals surface area (Å²) in [5.74, 6) is 0.390. The molecule has 11 nitrogen and oxygen atoms in total. The molecule has 4 heterocycles. The van der Waals surface area contributed by atoms with E-state index in [0.29, 0.717) is 30.4 Å². The molecule has 172 valence electrons. The highest BCUT2D eigenvalue weighted by Gasteiger charge is 2.26. The van der Waals surface area contributed by atoms with Crippen LogP contribution in [0.3, 0.4) is 0 Å². The summed E-state index contributed by atoms with van der Waals surface area (Å²) < 4.78 is 6.96. The van der Waals surface area contributed by atoms with E-state index in [9.17, 15) is 14.7 Å². The average Bonchev–Trinajstić information content (AvgIpc) is 3.45. The highest BCUT2D eigenvalue weighted by Crippen LogP contribution is 2.24. The lowest BCUT2D eigenvalue weighted by atomic mass is 10.1. The molecule has 33 heavy (non-hydrogen) atoms. The second-order valence-corrected chi connectivity index (χ2v) is 8.08. The molecule has 0 radical (unpaired) electrons. The van der Waals surface area contributed by atoms with Gasteiger partial charge >= 0.3 is 6.09 Å². The fourth-order valence-electron chi connectivity index (χ4n) is 3.46. The van der Waals surface area contributed by atoms with Gasteiger partial charge in [-0.2, -0.15) is 0 Å². The first-order valence-electron chi connectivity index (χ1n) is 10.6. The van der Waals surface area contributed by atoms with Gasteiger partial charge in [0.15, 0.2) is 5.82 Å². The minimum Gasteiger partial charge on any atom is -0.447 e. The highest BCUT2D eigenvalue weighted by molar-refractivity contribution is 6.02. The number of pyridine rings is 2. The van der Waals surface area contributed by atoms with E-state index in [1.165, 1.54) is 6.33 Å². The fraction of sp³-hybridized carbons (Fsp3) is 0.364.